The minimum atomic E-state index is -0.505. The highest BCUT2D eigenvalue weighted by Crippen LogP contribution is 2.19. The fourth-order valence-electron chi connectivity index (χ4n) is 2.15. The molecule has 1 aliphatic heterocycles. The quantitative estimate of drug-likeness (QED) is 0.862. The normalized spacial score (nSPS) is 18.1. The first-order chi connectivity index (χ1) is 10.6. The summed E-state index contributed by atoms with van der Waals surface area (Å²) in [5.74, 6) is 0.0546. The molecule has 0 spiro atoms. The van der Waals surface area contributed by atoms with E-state index in [9.17, 15) is 9.59 Å². The van der Waals surface area contributed by atoms with Gasteiger partial charge in [-0.05, 0) is 30.7 Å². The van der Waals surface area contributed by atoms with Gasteiger partial charge >= 0.3 is 0 Å². The molecule has 1 atom stereocenters. The van der Waals surface area contributed by atoms with Crippen molar-refractivity contribution in [2.24, 2.45) is 0 Å². The maximum atomic E-state index is 11.8. The maximum absolute atomic E-state index is 11.8. The molecule has 0 saturated carbocycles. The van der Waals surface area contributed by atoms with Gasteiger partial charge in [-0.2, -0.15) is 0 Å². The molecule has 0 aliphatic carbocycles. The average Bonchev–Trinajstić information content (AvgIpc) is 2.95. The monoisotopic (exact) mass is 320 g/mol. The summed E-state index contributed by atoms with van der Waals surface area (Å²) < 4.78 is 7.02. The van der Waals surface area contributed by atoms with Crippen molar-refractivity contribution in [1.29, 1.82) is 0 Å². The zero-order valence-corrected chi connectivity index (χ0v) is 12.3. The summed E-state index contributed by atoms with van der Waals surface area (Å²) in [5.41, 5.74) is 0.597. The molecule has 22 heavy (non-hydrogen) atoms. The number of hydrogen-bond donors (Lipinski definition) is 1. The molecule has 1 unspecified atom stereocenters. The molecular formula is C14H13ClN4O3. The highest BCUT2D eigenvalue weighted by molar-refractivity contribution is 6.30. The van der Waals surface area contributed by atoms with Crippen LogP contribution in [-0.2, 0) is 16.2 Å². The van der Waals surface area contributed by atoms with E-state index < -0.39 is 6.04 Å². The van der Waals surface area contributed by atoms with Crippen LogP contribution in [0.5, 0.6) is 5.75 Å². The number of nitrogens with one attached hydrogen (secondary N) is 1. The molecule has 7 nitrogen and oxygen atoms in total. The molecular weight excluding hydrogens is 308 g/mol. The van der Waals surface area contributed by atoms with E-state index in [2.05, 4.69) is 15.6 Å². The molecule has 1 saturated heterocycles. The number of amides is 2. The molecule has 2 heterocycles. The second kappa shape index (κ2) is 6.15. The van der Waals surface area contributed by atoms with Gasteiger partial charge in [-0.1, -0.05) is 16.8 Å². The second-order valence-corrected chi connectivity index (χ2v) is 5.34. The summed E-state index contributed by atoms with van der Waals surface area (Å²) >= 11 is 5.80. The molecule has 1 aromatic heterocycles. The number of nitrogens with zero attached hydrogens (tertiary/aromatic N) is 3. The van der Waals surface area contributed by atoms with Crippen molar-refractivity contribution in [3.05, 3.63) is 41.2 Å². The van der Waals surface area contributed by atoms with E-state index in [1.54, 1.807) is 30.5 Å². The number of carbonyl (C=O) groups excluding carboxylic acids is 2. The molecule has 1 N–H and O–H groups in total. The van der Waals surface area contributed by atoms with E-state index in [0.717, 1.165) is 0 Å². The highest BCUT2D eigenvalue weighted by atomic mass is 35.5. The van der Waals surface area contributed by atoms with E-state index >= 15 is 0 Å². The predicted octanol–water partition coefficient (Wildman–Crippen LogP) is 1.49. The number of benzene rings is 1. The van der Waals surface area contributed by atoms with Crippen molar-refractivity contribution >= 4 is 23.4 Å². The van der Waals surface area contributed by atoms with E-state index in [1.807, 2.05) is 0 Å². The Bertz CT molecular complexity index is 698. The first-order valence-electron chi connectivity index (χ1n) is 6.74. The number of aromatic nitrogens is 3. The molecule has 2 amide bonds. The fourth-order valence-corrected chi connectivity index (χ4v) is 2.28. The summed E-state index contributed by atoms with van der Waals surface area (Å²) in [7, 11) is 0. The predicted molar refractivity (Wildman–Crippen MR) is 77.2 cm³/mol. The first kappa shape index (κ1) is 14.5. The lowest BCUT2D eigenvalue weighted by Crippen LogP contribution is -2.41. The van der Waals surface area contributed by atoms with Crippen molar-refractivity contribution in [3.63, 3.8) is 0 Å². The van der Waals surface area contributed by atoms with E-state index in [-0.39, 0.29) is 18.4 Å². The van der Waals surface area contributed by atoms with Gasteiger partial charge in [0.15, 0.2) is 0 Å². The standard InChI is InChI=1S/C14H13ClN4O3/c15-9-1-3-11(4-2-9)22-8-10-7-19(18-17-10)12-5-6-13(20)16-14(12)21/h1-4,7,12H,5-6,8H2,(H,16,20,21). The van der Waals surface area contributed by atoms with Crippen molar-refractivity contribution in [2.75, 3.05) is 0 Å². The van der Waals surface area contributed by atoms with Gasteiger partial charge in [0.2, 0.25) is 5.91 Å². The van der Waals surface area contributed by atoms with Crippen LogP contribution in [0.4, 0.5) is 0 Å². The van der Waals surface area contributed by atoms with E-state index in [4.69, 9.17) is 16.3 Å². The summed E-state index contributed by atoms with van der Waals surface area (Å²) in [6, 6.07) is 6.48. The Morgan fingerprint density at radius 2 is 2.09 bits per heavy atom. The van der Waals surface area contributed by atoms with E-state index in [0.29, 0.717) is 29.3 Å². The molecule has 1 fully saturated rings. The Balaban J connectivity index is 1.62. The van der Waals surface area contributed by atoms with Crippen molar-refractivity contribution < 1.29 is 14.3 Å². The minimum Gasteiger partial charge on any atom is -0.487 e. The number of halogens is 1. The fraction of sp³-hybridized carbons (Fsp3) is 0.286. The lowest BCUT2D eigenvalue weighted by Gasteiger charge is -2.20. The Morgan fingerprint density at radius 3 is 2.82 bits per heavy atom. The maximum Gasteiger partial charge on any atom is 0.251 e. The van der Waals surface area contributed by atoms with Crippen LogP contribution >= 0.6 is 11.6 Å². The zero-order chi connectivity index (χ0) is 15.5. The molecule has 3 rings (SSSR count). The van der Waals surface area contributed by atoms with Crippen LogP contribution < -0.4 is 10.1 Å². The summed E-state index contributed by atoms with van der Waals surface area (Å²) in [6.07, 6.45) is 2.37. The van der Waals surface area contributed by atoms with Gasteiger partial charge < -0.3 is 4.74 Å². The first-order valence-corrected chi connectivity index (χ1v) is 7.12. The van der Waals surface area contributed by atoms with Gasteiger partial charge in [0.25, 0.3) is 5.91 Å². The zero-order valence-electron chi connectivity index (χ0n) is 11.5. The number of rotatable bonds is 4. The SMILES string of the molecule is O=C1CCC(n2cc(COc3ccc(Cl)cc3)nn2)C(=O)N1. The molecule has 0 bridgehead atoms. The summed E-state index contributed by atoms with van der Waals surface area (Å²) in [4.78, 5) is 22.9. The Hall–Kier alpha value is -2.41. The van der Waals surface area contributed by atoms with Gasteiger partial charge in [-0.25, -0.2) is 4.68 Å². The number of hydrogen-bond acceptors (Lipinski definition) is 5. The summed E-state index contributed by atoms with van der Waals surface area (Å²) in [6.45, 7) is 0.231. The van der Waals surface area contributed by atoms with Gasteiger partial charge in [0.05, 0.1) is 6.20 Å². The van der Waals surface area contributed by atoms with Crippen molar-refractivity contribution in [2.45, 2.75) is 25.5 Å². The Morgan fingerprint density at radius 1 is 1.32 bits per heavy atom. The number of imide groups is 1. The van der Waals surface area contributed by atoms with Crippen LogP contribution in [0.2, 0.25) is 5.02 Å². The van der Waals surface area contributed by atoms with Crippen molar-refractivity contribution in [1.82, 2.24) is 20.3 Å². The van der Waals surface area contributed by atoms with Crippen LogP contribution in [0, 0.1) is 0 Å². The summed E-state index contributed by atoms with van der Waals surface area (Å²) in [5, 5.41) is 10.8. The van der Waals surface area contributed by atoms with Crippen LogP contribution in [0.25, 0.3) is 0 Å². The molecule has 8 heteroatoms. The topological polar surface area (TPSA) is 86.1 Å². The van der Waals surface area contributed by atoms with Crippen LogP contribution in [0.15, 0.2) is 30.5 Å². The lowest BCUT2D eigenvalue weighted by atomic mass is 10.1. The third-order valence-electron chi connectivity index (χ3n) is 3.29. The van der Waals surface area contributed by atoms with Crippen molar-refractivity contribution in [3.8, 4) is 5.75 Å². The third-order valence-corrected chi connectivity index (χ3v) is 3.54. The smallest absolute Gasteiger partial charge is 0.251 e. The molecule has 1 aromatic carbocycles. The van der Waals surface area contributed by atoms with Crippen LogP contribution in [-0.4, -0.2) is 26.8 Å². The Labute approximate surface area is 131 Å². The van der Waals surface area contributed by atoms with E-state index in [1.165, 1.54) is 4.68 Å². The minimum absolute atomic E-state index is 0.231. The van der Waals surface area contributed by atoms with Gasteiger partial charge in [0, 0.05) is 11.4 Å². The van der Waals surface area contributed by atoms with Crippen LogP contribution in [0.3, 0.4) is 0 Å². The lowest BCUT2D eigenvalue weighted by molar-refractivity contribution is -0.136. The van der Waals surface area contributed by atoms with Gasteiger partial charge in [-0.3, -0.25) is 14.9 Å². The highest BCUT2D eigenvalue weighted by Gasteiger charge is 2.28. The Kier molecular flexibility index (Phi) is 4.06. The second-order valence-electron chi connectivity index (χ2n) is 4.90. The molecule has 1 aliphatic rings. The number of piperidine rings is 1. The average molecular weight is 321 g/mol. The molecule has 0 radical (unpaired) electrons. The van der Waals surface area contributed by atoms with Gasteiger partial charge in [0.1, 0.15) is 24.1 Å². The van der Waals surface area contributed by atoms with Crippen LogP contribution in [0.1, 0.15) is 24.6 Å². The number of ether oxygens (including phenoxy) is 1. The molecule has 2 aromatic rings. The van der Waals surface area contributed by atoms with Gasteiger partial charge in [-0.15, -0.1) is 5.10 Å². The third kappa shape index (κ3) is 3.25. The number of carbonyl (C=O) groups is 2. The molecule has 114 valence electrons. The largest absolute Gasteiger partial charge is 0.487 e.